The van der Waals surface area contributed by atoms with Crippen molar-refractivity contribution in [3.63, 3.8) is 0 Å². The van der Waals surface area contributed by atoms with Crippen molar-refractivity contribution in [2.24, 2.45) is 0 Å². The fourth-order valence-electron chi connectivity index (χ4n) is 3.81. The lowest BCUT2D eigenvalue weighted by molar-refractivity contribution is -0.695. The molecule has 34 heavy (non-hydrogen) atoms. The van der Waals surface area contributed by atoms with Gasteiger partial charge in [0.1, 0.15) is 12.8 Å². The summed E-state index contributed by atoms with van der Waals surface area (Å²) in [7, 11) is 0. The van der Waals surface area contributed by atoms with Crippen LogP contribution in [0.4, 0.5) is 5.69 Å². The highest BCUT2D eigenvalue weighted by Gasteiger charge is 2.17. The molecule has 168 valence electrons. The zero-order chi connectivity index (χ0) is 24.5. The first-order valence-corrected chi connectivity index (χ1v) is 11.2. The maximum absolute atomic E-state index is 10.6. The lowest BCUT2D eigenvalue weighted by Crippen LogP contribution is -2.32. The molecule has 0 aliphatic carbocycles. The maximum Gasteiger partial charge on any atom is 0.198 e. The van der Waals surface area contributed by atoms with E-state index in [9.17, 15) is 10.1 Å². The first-order chi connectivity index (χ1) is 16.5. The molecule has 1 aromatic carbocycles. The van der Waals surface area contributed by atoms with Crippen molar-refractivity contribution >= 4 is 36.3 Å². The van der Waals surface area contributed by atoms with Gasteiger partial charge in [-0.25, -0.2) is 14.0 Å². The summed E-state index contributed by atoms with van der Waals surface area (Å²) in [5, 5.41) is 9.95. The van der Waals surface area contributed by atoms with Crippen molar-refractivity contribution in [3.8, 4) is 6.07 Å². The Kier molecular flexibility index (Phi) is 8.21. The van der Waals surface area contributed by atoms with Crippen LogP contribution in [-0.2, 0) is 17.9 Å². The van der Waals surface area contributed by atoms with Crippen LogP contribution in [0, 0.1) is 31.8 Å². The van der Waals surface area contributed by atoms with Crippen molar-refractivity contribution in [1.29, 1.82) is 5.26 Å². The first-order valence-electron chi connectivity index (χ1n) is 11.2. The van der Waals surface area contributed by atoms with Crippen LogP contribution in [-0.4, -0.2) is 6.29 Å². The average molecular weight is 449 g/mol. The molecule has 0 amide bonds. The predicted octanol–water partition coefficient (Wildman–Crippen LogP) is 5.25. The van der Waals surface area contributed by atoms with E-state index in [1.54, 1.807) is 0 Å². The number of carbonyl (C=O) groups is 1. The third kappa shape index (κ3) is 5.52. The lowest BCUT2D eigenvalue weighted by Gasteiger charge is -2.14. The number of hydrogen-bond acceptors (Lipinski definition) is 2. The van der Waals surface area contributed by atoms with Gasteiger partial charge in [0.15, 0.2) is 37.0 Å². The van der Waals surface area contributed by atoms with E-state index in [1.165, 1.54) is 0 Å². The van der Waals surface area contributed by atoms with Crippen LogP contribution in [0.1, 0.15) is 52.3 Å². The number of carbonyl (C=O) groups excluding carboxylic acids is 1. The van der Waals surface area contributed by atoms with Gasteiger partial charge in [-0.05, 0) is 54.2 Å². The summed E-state index contributed by atoms with van der Waals surface area (Å²) >= 11 is 0. The van der Waals surface area contributed by atoms with Crippen molar-refractivity contribution in [1.82, 2.24) is 0 Å². The molecule has 0 bridgehead atoms. The fraction of sp³-hybridized carbons (Fsp3) is 0.207. The molecular formula is C29H28N4O+2. The van der Waals surface area contributed by atoms with Gasteiger partial charge in [-0.2, -0.15) is 5.26 Å². The van der Waals surface area contributed by atoms with Crippen LogP contribution in [0.15, 0.2) is 49.1 Å². The zero-order valence-electron chi connectivity index (χ0n) is 19.8. The van der Waals surface area contributed by atoms with Gasteiger partial charge in [0.05, 0.1) is 24.6 Å². The summed E-state index contributed by atoms with van der Waals surface area (Å²) in [5.41, 5.74) is 6.30. The van der Waals surface area contributed by atoms with Gasteiger partial charge < -0.3 is 4.79 Å². The molecule has 0 aliphatic heterocycles. The SMILES string of the molecule is [C-]#[N+]c1c(C)c(/C=C/c2cc[n+](CC)cc2)c(C#N)c(C)c1/C=C/c1cc[n+](CCC=O)cc1. The van der Waals surface area contributed by atoms with Crippen LogP contribution >= 0.6 is 0 Å². The van der Waals surface area contributed by atoms with Gasteiger partial charge in [-0.1, -0.05) is 24.3 Å². The highest BCUT2D eigenvalue weighted by Crippen LogP contribution is 2.36. The quantitative estimate of drug-likeness (QED) is 0.268. The molecule has 5 heteroatoms. The summed E-state index contributed by atoms with van der Waals surface area (Å²) < 4.78 is 4.04. The summed E-state index contributed by atoms with van der Waals surface area (Å²) in [5.74, 6) is 0. The van der Waals surface area contributed by atoms with Crippen LogP contribution in [0.5, 0.6) is 0 Å². The molecule has 0 atom stereocenters. The minimum absolute atomic E-state index is 0.480. The molecule has 0 radical (unpaired) electrons. The van der Waals surface area contributed by atoms with Crippen LogP contribution in [0.25, 0.3) is 29.1 Å². The Bertz CT molecular complexity index is 1320. The molecule has 3 rings (SSSR count). The molecule has 0 aliphatic rings. The third-order valence-corrected chi connectivity index (χ3v) is 5.88. The summed E-state index contributed by atoms with van der Waals surface area (Å²) in [6, 6.07) is 10.3. The number of aryl methyl sites for hydroxylation is 2. The molecule has 0 N–H and O–H groups in total. The topological polar surface area (TPSA) is 53.0 Å². The molecular weight excluding hydrogens is 420 g/mol. The Morgan fingerprint density at radius 1 is 0.912 bits per heavy atom. The second-order valence-electron chi connectivity index (χ2n) is 7.98. The number of rotatable bonds is 8. The lowest BCUT2D eigenvalue weighted by atomic mass is 9.90. The summed E-state index contributed by atoms with van der Waals surface area (Å²) in [6.07, 6.45) is 17.1. The number of nitrogens with zero attached hydrogens (tertiary/aromatic N) is 4. The standard InChI is InChI=1S/C29H28N4O/c1-5-32-16-11-24(12-17-32)7-9-26-23(3)29(31-4)27(22(2)28(26)21-30)10-8-25-13-18-33(19-14-25)15-6-20-34/h7-14,16-20H,5-6,15H2,1-3H3/q+2/b9-7+,10-8+. The molecule has 0 fully saturated rings. The smallest absolute Gasteiger partial charge is 0.198 e. The Labute approximate surface area is 201 Å². The molecule has 0 spiro atoms. The van der Waals surface area contributed by atoms with Gasteiger partial charge in [-0.15, -0.1) is 0 Å². The molecule has 3 aromatic rings. The molecule has 0 saturated carbocycles. The van der Waals surface area contributed by atoms with Gasteiger partial charge >= 0.3 is 0 Å². The van der Waals surface area contributed by atoms with Crippen molar-refractivity contribution in [3.05, 3.63) is 99.4 Å². The molecule has 2 aromatic heterocycles. The highest BCUT2D eigenvalue weighted by molar-refractivity contribution is 5.87. The van der Waals surface area contributed by atoms with E-state index in [1.807, 2.05) is 91.8 Å². The van der Waals surface area contributed by atoms with E-state index >= 15 is 0 Å². The monoisotopic (exact) mass is 448 g/mol. The van der Waals surface area contributed by atoms with Gasteiger partial charge in [0.25, 0.3) is 0 Å². The van der Waals surface area contributed by atoms with Gasteiger partial charge in [0, 0.05) is 24.3 Å². The minimum atomic E-state index is 0.480. The maximum atomic E-state index is 10.6. The second-order valence-corrected chi connectivity index (χ2v) is 7.98. The Balaban J connectivity index is 1.98. The summed E-state index contributed by atoms with van der Waals surface area (Å²) in [6.45, 7) is 15.3. The molecule has 0 unspecified atom stereocenters. The Hall–Kier alpha value is -4.35. The van der Waals surface area contributed by atoms with Crippen LogP contribution in [0.3, 0.4) is 0 Å². The predicted molar refractivity (Wildman–Crippen MR) is 134 cm³/mol. The Morgan fingerprint density at radius 3 is 1.97 bits per heavy atom. The summed E-state index contributed by atoms with van der Waals surface area (Å²) in [4.78, 5) is 14.4. The van der Waals surface area contributed by atoms with Crippen LogP contribution < -0.4 is 9.13 Å². The van der Waals surface area contributed by atoms with E-state index in [0.717, 1.165) is 46.2 Å². The third-order valence-electron chi connectivity index (χ3n) is 5.88. The molecule has 2 heterocycles. The van der Waals surface area contributed by atoms with E-state index in [4.69, 9.17) is 6.57 Å². The number of aldehydes is 1. The fourth-order valence-corrected chi connectivity index (χ4v) is 3.81. The van der Waals surface area contributed by atoms with Crippen LogP contribution in [0.2, 0.25) is 0 Å². The van der Waals surface area contributed by atoms with E-state index in [-0.39, 0.29) is 0 Å². The number of aromatic nitrogens is 2. The Morgan fingerprint density at radius 2 is 1.47 bits per heavy atom. The van der Waals surface area contributed by atoms with Crippen molar-refractivity contribution in [2.45, 2.75) is 40.3 Å². The van der Waals surface area contributed by atoms with E-state index in [2.05, 4.69) is 22.4 Å². The first kappa shape index (κ1) is 24.3. The normalized spacial score (nSPS) is 11.0. The number of benzene rings is 1. The molecule has 5 nitrogen and oxygen atoms in total. The second kappa shape index (κ2) is 11.5. The molecule has 0 saturated heterocycles. The van der Waals surface area contributed by atoms with E-state index in [0.29, 0.717) is 24.2 Å². The van der Waals surface area contributed by atoms with Gasteiger partial charge in [-0.3, -0.25) is 0 Å². The highest BCUT2D eigenvalue weighted by atomic mass is 16.1. The van der Waals surface area contributed by atoms with E-state index < -0.39 is 0 Å². The largest absolute Gasteiger partial charge is 0.303 e. The zero-order valence-corrected chi connectivity index (χ0v) is 19.8. The van der Waals surface area contributed by atoms with Crippen molar-refractivity contribution in [2.75, 3.05) is 0 Å². The minimum Gasteiger partial charge on any atom is -0.303 e. The van der Waals surface area contributed by atoms with Crippen molar-refractivity contribution < 1.29 is 13.9 Å². The average Bonchev–Trinajstić information content (AvgIpc) is 2.87. The number of pyridine rings is 2. The van der Waals surface area contributed by atoms with Gasteiger partial charge in [0.2, 0.25) is 0 Å². The number of hydrogen-bond donors (Lipinski definition) is 0. The number of nitriles is 1.